The Kier molecular flexibility index (Phi) is 6.92. The van der Waals surface area contributed by atoms with Crippen molar-refractivity contribution in [3.63, 3.8) is 0 Å². The molecule has 1 aliphatic rings. The minimum Gasteiger partial charge on any atom is -0.497 e. The summed E-state index contributed by atoms with van der Waals surface area (Å²) in [6, 6.07) is 15.5. The molecule has 1 fully saturated rings. The Morgan fingerprint density at radius 3 is 2.74 bits per heavy atom. The number of imidazole rings is 1. The van der Waals surface area contributed by atoms with E-state index in [4.69, 9.17) is 16.3 Å². The van der Waals surface area contributed by atoms with Crippen LogP contribution in [0.25, 0.3) is 0 Å². The monoisotopic (exact) mass is 437 g/mol. The molecule has 0 N–H and O–H groups in total. The Bertz CT molecular complexity index is 1030. The molecular weight excluding hydrogens is 410 g/mol. The normalized spacial score (nSPS) is 14.4. The molecule has 1 amide bonds. The molecule has 0 saturated heterocycles. The van der Waals surface area contributed by atoms with Gasteiger partial charge in [0.1, 0.15) is 11.6 Å². The molecule has 0 bridgehead atoms. The Labute approximate surface area is 188 Å². The van der Waals surface area contributed by atoms with Crippen LogP contribution in [0.4, 0.5) is 0 Å². The minimum absolute atomic E-state index is 0.0307. The standard InChI is InChI=1S/C25H28ClN3O2/c1-31-23-12-6-8-20(16-23)25(30)29(22-10-3-2-4-11-22)18-24-27-13-14-28(24)17-19-7-5-9-21(26)15-19/h5-9,12-16,22H,2-4,10-11,17-18H2,1H3. The molecule has 0 radical (unpaired) electrons. The number of carbonyl (C=O) groups is 1. The smallest absolute Gasteiger partial charge is 0.254 e. The molecule has 31 heavy (non-hydrogen) atoms. The predicted molar refractivity (Wildman–Crippen MR) is 123 cm³/mol. The molecule has 0 spiro atoms. The summed E-state index contributed by atoms with van der Waals surface area (Å²) in [6.45, 7) is 1.15. The quantitative estimate of drug-likeness (QED) is 0.485. The first kappa shape index (κ1) is 21.4. The fourth-order valence-corrected chi connectivity index (χ4v) is 4.51. The average molecular weight is 438 g/mol. The van der Waals surface area contributed by atoms with Gasteiger partial charge in [0.15, 0.2) is 0 Å². The van der Waals surface area contributed by atoms with Crippen LogP contribution in [0.15, 0.2) is 60.9 Å². The molecule has 1 heterocycles. The summed E-state index contributed by atoms with van der Waals surface area (Å²) < 4.78 is 7.43. The van der Waals surface area contributed by atoms with E-state index in [0.717, 1.165) is 42.1 Å². The molecule has 1 saturated carbocycles. The summed E-state index contributed by atoms with van der Waals surface area (Å²) in [5.41, 5.74) is 1.76. The predicted octanol–water partition coefficient (Wildman–Crippen LogP) is 5.57. The number of rotatable bonds is 7. The average Bonchev–Trinajstić information content (AvgIpc) is 3.24. The molecule has 4 rings (SSSR count). The van der Waals surface area contributed by atoms with Gasteiger partial charge >= 0.3 is 0 Å². The van der Waals surface area contributed by atoms with Crippen LogP contribution >= 0.6 is 11.6 Å². The molecule has 1 aliphatic carbocycles. The first-order valence-electron chi connectivity index (χ1n) is 10.8. The lowest BCUT2D eigenvalue weighted by molar-refractivity contribution is 0.0605. The van der Waals surface area contributed by atoms with Gasteiger partial charge in [-0.05, 0) is 48.7 Å². The van der Waals surface area contributed by atoms with Crippen LogP contribution in [0.1, 0.15) is 53.8 Å². The zero-order valence-electron chi connectivity index (χ0n) is 17.8. The Balaban J connectivity index is 1.59. The van der Waals surface area contributed by atoms with Gasteiger partial charge in [-0.25, -0.2) is 4.98 Å². The van der Waals surface area contributed by atoms with Crippen molar-refractivity contribution >= 4 is 17.5 Å². The van der Waals surface area contributed by atoms with Gasteiger partial charge in [0.2, 0.25) is 0 Å². The Hall–Kier alpha value is -2.79. The number of halogens is 1. The molecule has 5 nitrogen and oxygen atoms in total. The van der Waals surface area contributed by atoms with Crippen molar-refractivity contribution in [1.82, 2.24) is 14.5 Å². The van der Waals surface area contributed by atoms with Gasteiger partial charge in [0, 0.05) is 35.6 Å². The van der Waals surface area contributed by atoms with Crippen LogP contribution < -0.4 is 4.74 Å². The van der Waals surface area contributed by atoms with Gasteiger partial charge in [0.25, 0.3) is 5.91 Å². The second-order valence-electron chi connectivity index (χ2n) is 8.06. The maximum absolute atomic E-state index is 13.6. The van der Waals surface area contributed by atoms with Crippen molar-refractivity contribution in [2.24, 2.45) is 0 Å². The second kappa shape index (κ2) is 10.0. The van der Waals surface area contributed by atoms with E-state index in [2.05, 4.69) is 15.6 Å². The maximum atomic E-state index is 13.6. The third-order valence-corrected chi connectivity index (χ3v) is 6.18. The highest BCUT2D eigenvalue weighted by atomic mass is 35.5. The highest BCUT2D eigenvalue weighted by Crippen LogP contribution is 2.26. The van der Waals surface area contributed by atoms with E-state index in [1.54, 1.807) is 13.3 Å². The molecule has 2 aromatic carbocycles. The zero-order valence-corrected chi connectivity index (χ0v) is 18.6. The number of amides is 1. The summed E-state index contributed by atoms with van der Waals surface area (Å²) in [6.07, 6.45) is 9.38. The molecule has 3 aromatic rings. The van der Waals surface area contributed by atoms with Crippen molar-refractivity contribution in [2.45, 2.75) is 51.2 Å². The number of benzene rings is 2. The van der Waals surface area contributed by atoms with Crippen LogP contribution in [-0.4, -0.2) is 33.5 Å². The number of carbonyl (C=O) groups excluding carboxylic acids is 1. The Morgan fingerprint density at radius 2 is 1.97 bits per heavy atom. The highest BCUT2D eigenvalue weighted by molar-refractivity contribution is 6.30. The van der Waals surface area contributed by atoms with Crippen molar-refractivity contribution < 1.29 is 9.53 Å². The SMILES string of the molecule is COc1cccc(C(=O)N(Cc2nccn2Cc2cccc(Cl)c2)C2CCCCC2)c1. The molecular formula is C25H28ClN3O2. The maximum Gasteiger partial charge on any atom is 0.254 e. The van der Waals surface area contributed by atoms with E-state index in [0.29, 0.717) is 24.4 Å². The number of nitrogens with zero attached hydrogens (tertiary/aromatic N) is 3. The fourth-order valence-electron chi connectivity index (χ4n) is 4.30. The lowest BCUT2D eigenvalue weighted by Crippen LogP contribution is -2.41. The van der Waals surface area contributed by atoms with E-state index >= 15 is 0 Å². The first-order chi connectivity index (χ1) is 15.1. The zero-order chi connectivity index (χ0) is 21.6. The van der Waals surface area contributed by atoms with Crippen LogP contribution in [0, 0.1) is 0 Å². The molecule has 0 atom stereocenters. The summed E-state index contributed by atoms with van der Waals surface area (Å²) in [7, 11) is 1.62. The minimum atomic E-state index is 0.0307. The van der Waals surface area contributed by atoms with Crippen molar-refractivity contribution in [3.8, 4) is 5.75 Å². The van der Waals surface area contributed by atoms with Gasteiger partial charge in [-0.15, -0.1) is 0 Å². The number of hydrogen-bond donors (Lipinski definition) is 0. The number of aromatic nitrogens is 2. The van der Waals surface area contributed by atoms with E-state index in [1.165, 1.54) is 6.42 Å². The van der Waals surface area contributed by atoms with E-state index < -0.39 is 0 Å². The summed E-state index contributed by atoms with van der Waals surface area (Å²) in [5.74, 6) is 1.60. The van der Waals surface area contributed by atoms with Crippen LogP contribution in [-0.2, 0) is 13.1 Å². The lowest BCUT2D eigenvalue weighted by atomic mass is 9.93. The fraction of sp³-hybridized carbons (Fsp3) is 0.360. The number of methoxy groups -OCH3 is 1. The number of hydrogen-bond acceptors (Lipinski definition) is 3. The van der Waals surface area contributed by atoms with E-state index in [1.807, 2.05) is 53.6 Å². The topological polar surface area (TPSA) is 47.4 Å². The van der Waals surface area contributed by atoms with E-state index in [9.17, 15) is 4.79 Å². The third kappa shape index (κ3) is 5.28. The lowest BCUT2D eigenvalue weighted by Gasteiger charge is -2.34. The van der Waals surface area contributed by atoms with Crippen LogP contribution in [0.2, 0.25) is 5.02 Å². The highest BCUT2D eigenvalue weighted by Gasteiger charge is 2.28. The largest absolute Gasteiger partial charge is 0.497 e. The van der Waals surface area contributed by atoms with Crippen LogP contribution in [0.3, 0.4) is 0 Å². The van der Waals surface area contributed by atoms with Crippen molar-refractivity contribution in [1.29, 1.82) is 0 Å². The molecule has 1 aromatic heterocycles. The van der Waals surface area contributed by atoms with Gasteiger partial charge in [-0.2, -0.15) is 0 Å². The van der Waals surface area contributed by atoms with Gasteiger partial charge in [-0.1, -0.05) is 49.1 Å². The third-order valence-electron chi connectivity index (χ3n) is 5.95. The first-order valence-corrected chi connectivity index (χ1v) is 11.2. The van der Waals surface area contributed by atoms with Gasteiger partial charge < -0.3 is 14.2 Å². The second-order valence-corrected chi connectivity index (χ2v) is 8.49. The molecule has 6 heteroatoms. The molecule has 0 aliphatic heterocycles. The van der Waals surface area contributed by atoms with Crippen molar-refractivity contribution in [2.75, 3.05) is 7.11 Å². The summed E-state index contributed by atoms with van der Waals surface area (Å²) >= 11 is 6.16. The van der Waals surface area contributed by atoms with E-state index in [-0.39, 0.29) is 11.9 Å². The summed E-state index contributed by atoms with van der Waals surface area (Å²) in [4.78, 5) is 20.2. The molecule has 162 valence electrons. The van der Waals surface area contributed by atoms with Crippen molar-refractivity contribution in [3.05, 3.63) is 82.9 Å². The molecule has 0 unspecified atom stereocenters. The van der Waals surface area contributed by atoms with Gasteiger partial charge in [-0.3, -0.25) is 4.79 Å². The summed E-state index contributed by atoms with van der Waals surface area (Å²) in [5, 5.41) is 0.719. The van der Waals surface area contributed by atoms with Crippen LogP contribution in [0.5, 0.6) is 5.75 Å². The Morgan fingerprint density at radius 1 is 1.16 bits per heavy atom. The number of ether oxygens (including phenoxy) is 1. The van der Waals surface area contributed by atoms with Gasteiger partial charge in [0.05, 0.1) is 13.7 Å².